The average molecular weight is 222 g/mol. The third-order valence-electron chi connectivity index (χ3n) is 3.01. The lowest BCUT2D eigenvalue weighted by Gasteiger charge is -2.21. The van der Waals surface area contributed by atoms with Crippen molar-refractivity contribution in [2.75, 3.05) is 0 Å². The molecule has 2 aromatic carbocycles. The van der Waals surface area contributed by atoms with Crippen LogP contribution >= 0.6 is 0 Å². The molecule has 1 heterocycles. The van der Waals surface area contributed by atoms with E-state index in [0.717, 1.165) is 22.1 Å². The minimum atomic E-state index is -0.395. The second-order valence-corrected chi connectivity index (χ2v) is 3.99. The van der Waals surface area contributed by atoms with E-state index < -0.39 is 6.04 Å². The number of rotatable bonds is 0. The Labute approximate surface area is 98.7 Å². The van der Waals surface area contributed by atoms with Crippen molar-refractivity contribution in [3.8, 4) is 11.8 Å². The number of hydrogen-bond acceptors (Lipinski definition) is 3. The van der Waals surface area contributed by atoms with Crippen molar-refractivity contribution in [3.63, 3.8) is 0 Å². The summed E-state index contributed by atoms with van der Waals surface area (Å²) in [5, 5.41) is 11.0. The molecule has 82 valence electrons. The van der Waals surface area contributed by atoms with Gasteiger partial charge < -0.3 is 10.5 Å². The maximum Gasteiger partial charge on any atom is 0.139 e. The minimum absolute atomic E-state index is 0.395. The highest BCUT2D eigenvalue weighted by Crippen LogP contribution is 2.38. The highest BCUT2D eigenvalue weighted by Gasteiger charge is 2.22. The van der Waals surface area contributed by atoms with Crippen LogP contribution in [0.4, 0.5) is 0 Å². The molecule has 0 aliphatic carbocycles. The predicted octanol–water partition coefficient (Wildman–Crippen LogP) is 2.64. The summed E-state index contributed by atoms with van der Waals surface area (Å²) < 4.78 is 5.55. The summed E-state index contributed by atoms with van der Waals surface area (Å²) in [6.45, 7) is 0. The molecule has 0 amide bonds. The Hall–Kier alpha value is -2.31. The molecule has 3 nitrogen and oxygen atoms in total. The first kappa shape index (κ1) is 9.88. The van der Waals surface area contributed by atoms with Crippen LogP contribution in [0.1, 0.15) is 11.6 Å². The Bertz CT molecular complexity index is 667. The van der Waals surface area contributed by atoms with Crippen LogP contribution in [0.25, 0.3) is 10.8 Å². The monoisotopic (exact) mass is 222 g/mol. The molecule has 3 heteroatoms. The number of benzene rings is 2. The molecule has 1 aliphatic heterocycles. The van der Waals surface area contributed by atoms with Crippen LogP contribution in [0.2, 0.25) is 0 Å². The fourth-order valence-electron chi connectivity index (χ4n) is 2.10. The summed E-state index contributed by atoms with van der Waals surface area (Å²) in [6.07, 6.45) is 1.44. The summed E-state index contributed by atoms with van der Waals surface area (Å²) in [5.41, 5.74) is 7.34. The maximum atomic E-state index is 8.92. The van der Waals surface area contributed by atoms with Gasteiger partial charge in [-0.05, 0) is 5.39 Å². The van der Waals surface area contributed by atoms with Gasteiger partial charge in [0.05, 0.1) is 17.7 Å². The Kier molecular flexibility index (Phi) is 2.10. The van der Waals surface area contributed by atoms with Crippen LogP contribution in [0.5, 0.6) is 5.75 Å². The Balaban J connectivity index is 2.28. The number of nitrogens with two attached hydrogens (primary N) is 1. The first-order valence-corrected chi connectivity index (χ1v) is 5.35. The quantitative estimate of drug-likeness (QED) is 0.745. The van der Waals surface area contributed by atoms with Gasteiger partial charge in [-0.2, -0.15) is 5.26 Å². The van der Waals surface area contributed by atoms with E-state index in [-0.39, 0.29) is 0 Å². The standard InChI is InChI=1S/C14H10N2O/c15-7-10-8-17-14-11-4-2-1-3-9(11)5-6-12(14)13(10)16/h1-6,8,13H,16H2. The molecular formula is C14H10N2O. The van der Waals surface area contributed by atoms with Crippen LogP contribution in [0, 0.1) is 11.3 Å². The third kappa shape index (κ3) is 1.39. The summed E-state index contributed by atoms with van der Waals surface area (Å²) in [5.74, 6) is 0.759. The van der Waals surface area contributed by atoms with Crippen molar-refractivity contribution in [1.29, 1.82) is 5.26 Å². The van der Waals surface area contributed by atoms with Crippen LogP contribution in [0.3, 0.4) is 0 Å². The van der Waals surface area contributed by atoms with Gasteiger partial charge in [-0.1, -0.05) is 36.4 Å². The van der Waals surface area contributed by atoms with Crippen LogP contribution in [0.15, 0.2) is 48.2 Å². The first-order chi connectivity index (χ1) is 8.31. The van der Waals surface area contributed by atoms with E-state index in [2.05, 4.69) is 6.07 Å². The fraction of sp³-hybridized carbons (Fsp3) is 0.0714. The van der Waals surface area contributed by atoms with Crippen molar-refractivity contribution in [2.24, 2.45) is 5.73 Å². The molecule has 0 spiro atoms. The van der Waals surface area contributed by atoms with E-state index in [9.17, 15) is 0 Å². The van der Waals surface area contributed by atoms with Crippen molar-refractivity contribution in [2.45, 2.75) is 6.04 Å². The molecule has 2 N–H and O–H groups in total. The summed E-state index contributed by atoms with van der Waals surface area (Å²) in [6, 6.07) is 13.5. The van der Waals surface area contributed by atoms with Gasteiger partial charge in [0.1, 0.15) is 12.0 Å². The van der Waals surface area contributed by atoms with E-state index in [0.29, 0.717) is 5.57 Å². The van der Waals surface area contributed by atoms with Gasteiger partial charge in [-0.15, -0.1) is 0 Å². The lowest BCUT2D eigenvalue weighted by atomic mass is 9.95. The highest BCUT2D eigenvalue weighted by molar-refractivity contribution is 5.90. The molecule has 0 saturated carbocycles. The fourth-order valence-corrected chi connectivity index (χ4v) is 2.10. The first-order valence-electron chi connectivity index (χ1n) is 5.35. The van der Waals surface area contributed by atoms with E-state index in [1.807, 2.05) is 36.4 Å². The summed E-state index contributed by atoms with van der Waals surface area (Å²) in [7, 11) is 0. The normalized spacial score (nSPS) is 17.9. The number of nitriles is 1. The molecule has 0 fully saturated rings. The predicted molar refractivity (Wildman–Crippen MR) is 65.2 cm³/mol. The molecule has 0 bridgehead atoms. The summed E-state index contributed by atoms with van der Waals surface area (Å²) >= 11 is 0. The molecule has 17 heavy (non-hydrogen) atoms. The molecule has 1 atom stereocenters. The topological polar surface area (TPSA) is 59.0 Å². The van der Waals surface area contributed by atoms with E-state index in [1.165, 1.54) is 6.26 Å². The largest absolute Gasteiger partial charge is 0.463 e. The minimum Gasteiger partial charge on any atom is -0.463 e. The number of hydrogen-bond donors (Lipinski definition) is 1. The molecule has 1 unspecified atom stereocenters. The molecule has 1 aliphatic rings. The SMILES string of the molecule is N#CC1=COc2c(ccc3ccccc23)C1N. The number of ether oxygens (including phenoxy) is 1. The van der Waals surface area contributed by atoms with Crippen LogP contribution < -0.4 is 10.5 Å². The molecule has 3 rings (SSSR count). The van der Waals surface area contributed by atoms with Crippen molar-refractivity contribution in [3.05, 3.63) is 53.8 Å². The second-order valence-electron chi connectivity index (χ2n) is 3.99. The van der Waals surface area contributed by atoms with E-state index in [1.54, 1.807) is 0 Å². The molecule has 0 saturated heterocycles. The zero-order chi connectivity index (χ0) is 11.8. The lowest BCUT2D eigenvalue weighted by Crippen LogP contribution is -2.17. The third-order valence-corrected chi connectivity index (χ3v) is 3.01. The smallest absolute Gasteiger partial charge is 0.139 e. The van der Waals surface area contributed by atoms with Crippen LogP contribution in [-0.2, 0) is 0 Å². The zero-order valence-corrected chi connectivity index (χ0v) is 9.05. The van der Waals surface area contributed by atoms with Gasteiger partial charge in [0.15, 0.2) is 0 Å². The van der Waals surface area contributed by atoms with Gasteiger partial charge in [0.25, 0.3) is 0 Å². The van der Waals surface area contributed by atoms with Crippen molar-refractivity contribution >= 4 is 10.8 Å². The van der Waals surface area contributed by atoms with Gasteiger partial charge >= 0.3 is 0 Å². The molecular weight excluding hydrogens is 212 g/mol. The van der Waals surface area contributed by atoms with E-state index in [4.69, 9.17) is 15.7 Å². The van der Waals surface area contributed by atoms with Crippen LogP contribution in [-0.4, -0.2) is 0 Å². The van der Waals surface area contributed by atoms with Crippen molar-refractivity contribution < 1.29 is 4.74 Å². The lowest BCUT2D eigenvalue weighted by molar-refractivity contribution is 0.454. The zero-order valence-electron chi connectivity index (χ0n) is 9.05. The summed E-state index contributed by atoms with van der Waals surface area (Å²) in [4.78, 5) is 0. The van der Waals surface area contributed by atoms with Gasteiger partial charge in [0, 0.05) is 10.9 Å². The second kappa shape index (κ2) is 3.62. The van der Waals surface area contributed by atoms with Gasteiger partial charge in [-0.25, -0.2) is 0 Å². The number of nitrogens with zero attached hydrogens (tertiary/aromatic N) is 1. The Morgan fingerprint density at radius 1 is 1.18 bits per heavy atom. The maximum absolute atomic E-state index is 8.92. The molecule has 0 radical (unpaired) electrons. The van der Waals surface area contributed by atoms with Gasteiger partial charge in [-0.3, -0.25) is 0 Å². The van der Waals surface area contributed by atoms with Gasteiger partial charge in [0.2, 0.25) is 0 Å². The highest BCUT2D eigenvalue weighted by atomic mass is 16.5. The number of fused-ring (bicyclic) bond motifs is 3. The van der Waals surface area contributed by atoms with Crippen molar-refractivity contribution in [1.82, 2.24) is 0 Å². The average Bonchev–Trinajstić information content (AvgIpc) is 2.39. The molecule has 2 aromatic rings. The Morgan fingerprint density at radius 2 is 2.00 bits per heavy atom. The van der Waals surface area contributed by atoms with E-state index >= 15 is 0 Å². The Morgan fingerprint density at radius 3 is 2.82 bits per heavy atom. The molecule has 0 aromatic heterocycles.